The Hall–Kier alpha value is -3.01. The highest BCUT2D eigenvalue weighted by Gasteiger charge is 2.46. The molecule has 33 heavy (non-hydrogen) atoms. The minimum Gasteiger partial charge on any atom is -0.465 e. The predicted molar refractivity (Wildman–Crippen MR) is 134 cm³/mol. The van der Waals surface area contributed by atoms with Gasteiger partial charge in [0.15, 0.2) is 0 Å². The molecule has 0 amide bonds. The Bertz CT molecular complexity index is 1110. The maximum Gasteiger partial charge on any atom is 0.337 e. The first-order valence-electron chi connectivity index (χ1n) is 12.2. The van der Waals surface area contributed by atoms with Gasteiger partial charge in [-0.25, -0.2) is 4.79 Å². The first-order valence-corrected chi connectivity index (χ1v) is 12.2. The molecule has 3 aromatic rings. The number of carbonyl (C=O) groups excluding carboxylic acids is 1. The SMILES string of the molecule is COC(=O)c1ccc(N2CCC3(CC2)CC(n2cccc2-c2ccccc2C(C)C)C3)cc1. The zero-order valence-corrected chi connectivity index (χ0v) is 20.0. The van der Waals surface area contributed by atoms with Crippen molar-refractivity contribution in [2.24, 2.45) is 5.41 Å². The Labute approximate surface area is 197 Å². The van der Waals surface area contributed by atoms with Gasteiger partial charge in [-0.05, 0) is 79.0 Å². The second-order valence-corrected chi connectivity index (χ2v) is 10.1. The van der Waals surface area contributed by atoms with Crippen molar-refractivity contribution in [1.29, 1.82) is 0 Å². The van der Waals surface area contributed by atoms with Gasteiger partial charge in [-0.2, -0.15) is 0 Å². The van der Waals surface area contributed by atoms with Gasteiger partial charge in [-0.1, -0.05) is 38.1 Å². The van der Waals surface area contributed by atoms with E-state index in [4.69, 9.17) is 4.74 Å². The quantitative estimate of drug-likeness (QED) is 0.413. The summed E-state index contributed by atoms with van der Waals surface area (Å²) in [5.41, 5.74) is 6.46. The fourth-order valence-electron chi connectivity index (χ4n) is 5.88. The van der Waals surface area contributed by atoms with Gasteiger partial charge in [0.05, 0.1) is 12.7 Å². The van der Waals surface area contributed by atoms with Crippen LogP contribution in [0.1, 0.15) is 67.4 Å². The number of rotatable bonds is 5. The third-order valence-electron chi connectivity index (χ3n) is 7.85. The van der Waals surface area contributed by atoms with Crippen molar-refractivity contribution in [3.63, 3.8) is 0 Å². The average molecular weight is 443 g/mol. The Morgan fingerprint density at radius 2 is 1.67 bits per heavy atom. The van der Waals surface area contributed by atoms with Crippen LogP contribution in [0.4, 0.5) is 5.69 Å². The molecule has 1 aliphatic heterocycles. The average Bonchev–Trinajstić information content (AvgIpc) is 3.31. The number of benzene rings is 2. The molecular weight excluding hydrogens is 408 g/mol. The summed E-state index contributed by atoms with van der Waals surface area (Å²) in [6.45, 7) is 6.72. The molecule has 0 radical (unpaired) electrons. The van der Waals surface area contributed by atoms with Gasteiger partial charge in [-0.15, -0.1) is 0 Å². The summed E-state index contributed by atoms with van der Waals surface area (Å²) in [5.74, 6) is 0.239. The largest absolute Gasteiger partial charge is 0.465 e. The van der Waals surface area contributed by atoms with Crippen molar-refractivity contribution in [3.8, 4) is 11.3 Å². The Morgan fingerprint density at radius 3 is 2.33 bits per heavy atom. The number of hydrogen-bond acceptors (Lipinski definition) is 3. The van der Waals surface area contributed by atoms with Crippen molar-refractivity contribution in [2.45, 2.75) is 51.5 Å². The first-order chi connectivity index (χ1) is 16.0. The molecule has 2 aromatic carbocycles. The van der Waals surface area contributed by atoms with Gasteiger partial charge < -0.3 is 14.2 Å². The lowest BCUT2D eigenvalue weighted by Gasteiger charge is -2.53. The summed E-state index contributed by atoms with van der Waals surface area (Å²) >= 11 is 0. The second-order valence-electron chi connectivity index (χ2n) is 10.1. The topological polar surface area (TPSA) is 34.5 Å². The van der Waals surface area contributed by atoms with Gasteiger partial charge in [0.1, 0.15) is 0 Å². The number of carbonyl (C=O) groups is 1. The number of methoxy groups -OCH3 is 1. The number of piperidine rings is 1. The molecule has 2 heterocycles. The first kappa shape index (κ1) is 21.8. The minimum absolute atomic E-state index is 0.278. The summed E-state index contributed by atoms with van der Waals surface area (Å²) in [6, 6.07) is 21.8. The van der Waals surface area contributed by atoms with Gasteiger partial charge in [0.25, 0.3) is 0 Å². The monoisotopic (exact) mass is 442 g/mol. The molecule has 1 aliphatic carbocycles. The van der Waals surface area contributed by atoms with Crippen LogP contribution in [0.15, 0.2) is 66.9 Å². The lowest BCUT2D eigenvalue weighted by Crippen LogP contribution is -2.47. The zero-order chi connectivity index (χ0) is 23.0. The molecule has 1 saturated heterocycles. The number of anilines is 1. The molecule has 0 unspecified atom stereocenters. The third kappa shape index (κ3) is 4.07. The van der Waals surface area contributed by atoms with Crippen molar-refractivity contribution < 1.29 is 9.53 Å². The van der Waals surface area contributed by atoms with Gasteiger partial charge in [-0.3, -0.25) is 0 Å². The standard InChI is InChI=1S/C29H34N2O2/c1-21(2)25-7-4-5-8-26(25)27-9-6-16-31(27)24-19-29(20-24)14-17-30(18-15-29)23-12-10-22(11-13-23)28(32)33-3/h4-13,16,21,24H,14-15,17-20H2,1-3H3. The number of aromatic nitrogens is 1. The van der Waals surface area contributed by atoms with Crippen LogP contribution in [0.3, 0.4) is 0 Å². The van der Waals surface area contributed by atoms with E-state index >= 15 is 0 Å². The molecule has 4 nitrogen and oxygen atoms in total. The highest BCUT2D eigenvalue weighted by molar-refractivity contribution is 5.89. The van der Waals surface area contributed by atoms with Crippen LogP contribution in [0.2, 0.25) is 0 Å². The summed E-state index contributed by atoms with van der Waals surface area (Å²) in [6.07, 6.45) is 7.30. The molecule has 1 spiro atoms. The summed E-state index contributed by atoms with van der Waals surface area (Å²) in [5, 5.41) is 0. The molecule has 2 aliphatic rings. The Morgan fingerprint density at radius 1 is 0.970 bits per heavy atom. The molecule has 1 saturated carbocycles. The van der Waals surface area contributed by atoms with E-state index in [0.29, 0.717) is 22.9 Å². The predicted octanol–water partition coefficient (Wildman–Crippen LogP) is 6.69. The van der Waals surface area contributed by atoms with Crippen LogP contribution in [0.5, 0.6) is 0 Å². The number of hydrogen-bond donors (Lipinski definition) is 0. The molecule has 0 N–H and O–H groups in total. The maximum atomic E-state index is 11.7. The van der Waals surface area contributed by atoms with E-state index in [2.05, 4.69) is 65.9 Å². The van der Waals surface area contributed by atoms with Gasteiger partial charge in [0, 0.05) is 42.3 Å². The van der Waals surface area contributed by atoms with E-state index in [1.54, 1.807) is 0 Å². The van der Waals surface area contributed by atoms with Crippen LogP contribution < -0.4 is 4.90 Å². The van der Waals surface area contributed by atoms with Crippen molar-refractivity contribution in [1.82, 2.24) is 4.57 Å². The minimum atomic E-state index is -0.278. The van der Waals surface area contributed by atoms with Crippen molar-refractivity contribution in [2.75, 3.05) is 25.1 Å². The van der Waals surface area contributed by atoms with Gasteiger partial charge >= 0.3 is 5.97 Å². The fraction of sp³-hybridized carbons (Fsp3) is 0.414. The second kappa shape index (κ2) is 8.74. The van der Waals surface area contributed by atoms with Crippen LogP contribution in [-0.4, -0.2) is 30.7 Å². The van der Waals surface area contributed by atoms with E-state index < -0.39 is 0 Å². The Balaban J connectivity index is 1.24. The Kier molecular flexibility index (Phi) is 5.77. The molecule has 172 valence electrons. The van der Waals surface area contributed by atoms with E-state index in [1.165, 1.54) is 55.3 Å². The smallest absolute Gasteiger partial charge is 0.337 e. The van der Waals surface area contributed by atoms with Crippen LogP contribution in [-0.2, 0) is 4.74 Å². The van der Waals surface area contributed by atoms with Crippen LogP contribution >= 0.6 is 0 Å². The van der Waals surface area contributed by atoms with E-state index in [1.807, 2.05) is 24.3 Å². The highest BCUT2D eigenvalue weighted by atomic mass is 16.5. The molecule has 4 heteroatoms. The van der Waals surface area contributed by atoms with Gasteiger partial charge in [0.2, 0.25) is 0 Å². The normalized spacial score (nSPS) is 17.9. The maximum absolute atomic E-state index is 11.7. The van der Waals surface area contributed by atoms with E-state index in [-0.39, 0.29) is 5.97 Å². The van der Waals surface area contributed by atoms with Crippen LogP contribution in [0, 0.1) is 5.41 Å². The molecule has 5 rings (SSSR count). The number of esters is 1. The number of ether oxygens (including phenoxy) is 1. The van der Waals surface area contributed by atoms with Crippen molar-refractivity contribution in [3.05, 3.63) is 78.0 Å². The highest BCUT2D eigenvalue weighted by Crippen LogP contribution is 2.56. The fourth-order valence-corrected chi connectivity index (χ4v) is 5.88. The van der Waals surface area contributed by atoms with E-state index in [0.717, 1.165) is 13.1 Å². The molecule has 0 bridgehead atoms. The zero-order valence-electron chi connectivity index (χ0n) is 20.0. The summed E-state index contributed by atoms with van der Waals surface area (Å²) in [7, 11) is 1.42. The lowest BCUT2D eigenvalue weighted by molar-refractivity contribution is 0.0361. The molecule has 1 aromatic heterocycles. The summed E-state index contributed by atoms with van der Waals surface area (Å²) < 4.78 is 7.34. The third-order valence-corrected chi connectivity index (χ3v) is 7.85. The number of nitrogens with zero attached hydrogens (tertiary/aromatic N) is 2. The van der Waals surface area contributed by atoms with Crippen LogP contribution in [0.25, 0.3) is 11.3 Å². The molecular formula is C29H34N2O2. The summed E-state index contributed by atoms with van der Waals surface area (Å²) in [4.78, 5) is 14.1. The van der Waals surface area contributed by atoms with E-state index in [9.17, 15) is 4.79 Å². The van der Waals surface area contributed by atoms with Crippen molar-refractivity contribution >= 4 is 11.7 Å². The lowest BCUT2D eigenvalue weighted by atomic mass is 9.60. The molecule has 0 atom stereocenters. The molecule has 2 fully saturated rings.